The van der Waals surface area contributed by atoms with E-state index in [-0.39, 0.29) is 4.90 Å². The first-order chi connectivity index (χ1) is 17.7. The number of hydrogen-bond acceptors (Lipinski definition) is 7. The average molecular weight is 545 g/mol. The van der Waals surface area contributed by atoms with Crippen LogP contribution in [0.5, 0.6) is 0 Å². The maximum Gasteiger partial charge on any atom is 0.325 e. The van der Waals surface area contributed by atoms with Gasteiger partial charge in [-0.2, -0.15) is 4.72 Å². The van der Waals surface area contributed by atoms with Gasteiger partial charge in [0.2, 0.25) is 10.0 Å². The molecule has 0 saturated heterocycles. The van der Waals surface area contributed by atoms with Gasteiger partial charge in [-0.25, -0.2) is 13.4 Å². The van der Waals surface area contributed by atoms with Gasteiger partial charge in [-0.3, -0.25) is 9.59 Å². The van der Waals surface area contributed by atoms with Crippen LogP contribution < -0.4 is 10.0 Å². The molecule has 3 N–H and O–H groups in total. The number of benzene rings is 1. The van der Waals surface area contributed by atoms with E-state index in [0.717, 1.165) is 24.1 Å². The largest absolute Gasteiger partial charge is 0.481 e. The standard InChI is InChI=1S/C25H28N4O6S2/c1-26-24(36)25(17-10-11-21-27-13-14-29(21)16-17)12-6-5-9-20(25)35-23(32)19(15-22(30)31)28-37(33,34)18-7-3-2-4-8-18/h2-4,7-8,10-11,13-14,16,19-20,28H,5-6,9,12,15H2,1H3,(H,26,36)(H,30,31)/t19-,20?,25?/m0/s1. The first kappa shape index (κ1) is 26.7. The minimum Gasteiger partial charge on any atom is -0.481 e. The quantitative estimate of drug-likeness (QED) is 0.274. The second-order valence-corrected chi connectivity index (χ2v) is 11.0. The molecule has 0 aliphatic heterocycles. The molecule has 1 saturated carbocycles. The minimum atomic E-state index is -4.17. The van der Waals surface area contributed by atoms with Crippen molar-refractivity contribution in [2.75, 3.05) is 7.05 Å². The summed E-state index contributed by atoms with van der Waals surface area (Å²) in [6, 6.07) is 9.55. The third-order valence-electron chi connectivity index (χ3n) is 6.65. The number of sulfonamides is 1. The van der Waals surface area contributed by atoms with E-state index in [1.165, 1.54) is 24.3 Å². The van der Waals surface area contributed by atoms with Crippen LogP contribution in [0.1, 0.15) is 37.7 Å². The van der Waals surface area contributed by atoms with E-state index in [9.17, 15) is 23.1 Å². The van der Waals surface area contributed by atoms with Crippen LogP contribution in [-0.2, 0) is 29.8 Å². The Hall–Kier alpha value is -3.35. The molecule has 0 bridgehead atoms. The van der Waals surface area contributed by atoms with E-state index in [1.54, 1.807) is 25.5 Å². The predicted octanol–water partition coefficient (Wildman–Crippen LogP) is 2.43. The predicted molar refractivity (Wildman–Crippen MR) is 140 cm³/mol. The van der Waals surface area contributed by atoms with Gasteiger partial charge in [-0.05, 0) is 43.0 Å². The number of imidazole rings is 1. The van der Waals surface area contributed by atoms with Gasteiger partial charge >= 0.3 is 11.9 Å². The molecule has 0 radical (unpaired) electrons. The van der Waals surface area contributed by atoms with Crippen LogP contribution in [0.25, 0.3) is 5.65 Å². The first-order valence-electron chi connectivity index (χ1n) is 11.8. The lowest BCUT2D eigenvalue weighted by atomic mass is 9.67. The van der Waals surface area contributed by atoms with E-state index in [0.29, 0.717) is 17.8 Å². The van der Waals surface area contributed by atoms with Crippen molar-refractivity contribution in [3.63, 3.8) is 0 Å². The molecule has 3 atom stereocenters. The van der Waals surface area contributed by atoms with Crippen molar-refractivity contribution >= 4 is 44.8 Å². The number of pyridine rings is 1. The van der Waals surface area contributed by atoms with Gasteiger partial charge in [0, 0.05) is 25.6 Å². The Morgan fingerprint density at radius 3 is 2.70 bits per heavy atom. The maximum absolute atomic E-state index is 13.4. The highest BCUT2D eigenvalue weighted by Crippen LogP contribution is 2.42. The number of hydrogen-bond donors (Lipinski definition) is 3. The number of aromatic nitrogens is 2. The fourth-order valence-electron chi connectivity index (χ4n) is 4.85. The Morgan fingerprint density at radius 2 is 2.00 bits per heavy atom. The number of esters is 1. The molecule has 0 spiro atoms. The Kier molecular flexibility index (Phi) is 7.90. The topological polar surface area (TPSA) is 139 Å². The van der Waals surface area contributed by atoms with Crippen LogP contribution in [0, 0.1) is 0 Å². The third-order valence-corrected chi connectivity index (χ3v) is 8.70. The Labute approximate surface area is 220 Å². The normalized spacial score (nSPS) is 20.7. The van der Waals surface area contributed by atoms with Crippen molar-refractivity contribution in [2.24, 2.45) is 0 Å². The number of nitrogens with one attached hydrogen (secondary N) is 2. The average Bonchev–Trinajstić information content (AvgIpc) is 3.36. The highest BCUT2D eigenvalue weighted by molar-refractivity contribution is 7.89. The summed E-state index contributed by atoms with van der Waals surface area (Å²) < 4.78 is 35.8. The zero-order valence-corrected chi connectivity index (χ0v) is 21.8. The molecule has 2 unspecified atom stereocenters. The molecule has 1 aliphatic rings. The molecule has 3 aromatic rings. The van der Waals surface area contributed by atoms with Gasteiger partial charge in [0.25, 0.3) is 0 Å². The zero-order chi connectivity index (χ0) is 26.6. The van der Waals surface area contributed by atoms with Gasteiger partial charge in [0.05, 0.1) is 21.7 Å². The number of aliphatic carboxylic acids is 1. The van der Waals surface area contributed by atoms with Crippen LogP contribution in [-0.4, -0.2) is 59.0 Å². The van der Waals surface area contributed by atoms with Gasteiger partial charge in [0.15, 0.2) is 0 Å². The maximum atomic E-state index is 13.4. The smallest absolute Gasteiger partial charge is 0.325 e. The van der Waals surface area contributed by atoms with Crippen LogP contribution in [0.15, 0.2) is 66.0 Å². The van der Waals surface area contributed by atoms with Crippen molar-refractivity contribution in [3.8, 4) is 0 Å². The van der Waals surface area contributed by atoms with E-state index < -0.39 is 45.9 Å². The second kappa shape index (κ2) is 11.0. The summed E-state index contributed by atoms with van der Waals surface area (Å²) in [6.07, 6.45) is 6.51. The van der Waals surface area contributed by atoms with Gasteiger partial charge in [-0.1, -0.05) is 42.9 Å². The Bertz CT molecular complexity index is 1410. The van der Waals surface area contributed by atoms with E-state index >= 15 is 0 Å². The number of ether oxygens (including phenoxy) is 1. The number of carboxylic acid groups (broad SMARTS) is 1. The lowest BCUT2D eigenvalue weighted by Gasteiger charge is -2.44. The molecule has 196 valence electrons. The zero-order valence-electron chi connectivity index (χ0n) is 20.2. The number of nitrogens with zero attached hydrogens (tertiary/aromatic N) is 2. The Balaban J connectivity index is 1.67. The molecule has 2 aromatic heterocycles. The molecule has 4 rings (SSSR count). The SMILES string of the molecule is CNC(=S)C1(c2ccc3nccn3c2)CCCCC1OC(=O)[C@H](CC(=O)O)NS(=O)(=O)c1ccccc1. The van der Waals surface area contributed by atoms with Crippen molar-refractivity contribution in [3.05, 3.63) is 66.6 Å². The summed E-state index contributed by atoms with van der Waals surface area (Å²) in [7, 11) is -2.47. The summed E-state index contributed by atoms with van der Waals surface area (Å²) in [5, 5.41) is 12.5. The first-order valence-corrected chi connectivity index (χ1v) is 13.7. The summed E-state index contributed by atoms with van der Waals surface area (Å²) in [4.78, 5) is 29.6. The van der Waals surface area contributed by atoms with Gasteiger partial charge in [0.1, 0.15) is 17.8 Å². The third kappa shape index (κ3) is 5.50. The molecule has 0 amide bonds. The summed E-state index contributed by atoms with van der Waals surface area (Å²) in [5.74, 6) is -2.32. The lowest BCUT2D eigenvalue weighted by Crippen LogP contribution is -2.55. The highest BCUT2D eigenvalue weighted by Gasteiger charge is 2.49. The molecule has 37 heavy (non-hydrogen) atoms. The Morgan fingerprint density at radius 1 is 1.24 bits per heavy atom. The minimum absolute atomic E-state index is 0.0878. The van der Waals surface area contributed by atoms with Crippen molar-refractivity contribution < 1.29 is 27.9 Å². The monoisotopic (exact) mass is 544 g/mol. The number of rotatable bonds is 9. The van der Waals surface area contributed by atoms with Gasteiger partial charge in [-0.15, -0.1) is 0 Å². The number of carbonyl (C=O) groups excluding carboxylic acids is 1. The number of fused-ring (bicyclic) bond motifs is 1. The fraction of sp³-hybridized carbons (Fsp3) is 0.360. The number of thiocarbonyl (C=S) groups is 1. The van der Waals surface area contributed by atoms with Crippen molar-refractivity contribution in [2.45, 2.75) is 54.6 Å². The van der Waals surface area contributed by atoms with Crippen molar-refractivity contribution in [1.29, 1.82) is 0 Å². The summed E-state index contributed by atoms with van der Waals surface area (Å²) >= 11 is 5.76. The van der Waals surface area contributed by atoms with E-state index in [4.69, 9.17) is 17.0 Å². The van der Waals surface area contributed by atoms with Crippen LogP contribution >= 0.6 is 12.2 Å². The van der Waals surface area contributed by atoms with Crippen LogP contribution in [0.4, 0.5) is 0 Å². The molecule has 1 aliphatic carbocycles. The fourth-order valence-corrected chi connectivity index (χ4v) is 6.41. The summed E-state index contributed by atoms with van der Waals surface area (Å²) in [5.41, 5.74) is 0.674. The van der Waals surface area contributed by atoms with Gasteiger partial charge < -0.3 is 19.6 Å². The molecular formula is C25H28N4O6S2. The molecular weight excluding hydrogens is 516 g/mol. The molecule has 1 aromatic carbocycles. The molecule has 1 fully saturated rings. The van der Waals surface area contributed by atoms with Crippen molar-refractivity contribution in [1.82, 2.24) is 19.4 Å². The highest BCUT2D eigenvalue weighted by atomic mass is 32.2. The second-order valence-electron chi connectivity index (χ2n) is 8.92. The molecule has 12 heteroatoms. The number of carboxylic acids is 1. The lowest BCUT2D eigenvalue weighted by molar-refractivity contribution is -0.157. The van der Waals surface area contributed by atoms with E-state index in [2.05, 4.69) is 15.0 Å². The summed E-state index contributed by atoms with van der Waals surface area (Å²) in [6.45, 7) is 0. The number of carbonyl (C=O) groups is 2. The van der Waals surface area contributed by atoms with Crippen LogP contribution in [0.3, 0.4) is 0 Å². The molecule has 2 heterocycles. The number of likely N-dealkylation sites (N-methyl/N-ethyl adjacent to an activating group) is 1. The van der Waals surface area contributed by atoms with Crippen LogP contribution in [0.2, 0.25) is 0 Å². The molecule has 10 nitrogen and oxygen atoms in total. The van der Waals surface area contributed by atoms with E-state index in [1.807, 2.05) is 22.7 Å².